The molecule has 0 saturated heterocycles. The summed E-state index contributed by atoms with van der Waals surface area (Å²) in [5.41, 5.74) is 0.238. The molecule has 0 saturated carbocycles. The summed E-state index contributed by atoms with van der Waals surface area (Å²) in [5, 5.41) is 9.34. The van der Waals surface area contributed by atoms with Crippen LogP contribution in [0.2, 0.25) is 0 Å². The van der Waals surface area contributed by atoms with E-state index in [1.165, 1.54) is 0 Å². The Morgan fingerprint density at radius 3 is 2.53 bits per heavy atom. The zero-order valence-corrected chi connectivity index (χ0v) is 10.4. The lowest BCUT2D eigenvalue weighted by atomic mass is 9.92. The van der Waals surface area contributed by atoms with Crippen LogP contribution < -0.4 is 0 Å². The van der Waals surface area contributed by atoms with Crippen molar-refractivity contribution in [3.63, 3.8) is 0 Å². The number of carbonyl (C=O) groups is 1. The molecule has 1 unspecified atom stereocenters. The predicted molar refractivity (Wildman–Crippen MR) is 64.0 cm³/mol. The molecule has 4 heteroatoms. The molecule has 0 heterocycles. The fourth-order valence-electron chi connectivity index (χ4n) is 1.69. The summed E-state index contributed by atoms with van der Waals surface area (Å²) in [7, 11) is 1.55. The van der Waals surface area contributed by atoms with Gasteiger partial charge in [0.05, 0.1) is 13.2 Å². The number of carboxylic acid groups (broad SMARTS) is 1. The van der Waals surface area contributed by atoms with Crippen LogP contribution in [0.25, 0.3) is 0 Å². The maximum atomic E-state index is 11.4. The Balaban J connectivity index is 2.99. The number of hydrogen-bond donors (Lipinski definition) is 1. The highest BCUT2D eigenvalue weighted by atomic mass is 16.5. The monoisotopic (exact) mass is 238 g/mol. The van der Waals surface area contributed by atoms with Crippen LogP contribution >= 0.6 is 0 Å². The highest BCUT2D eigenvalue weighted by molar-refractivity contribution is 5.79. The fraction of sp³-hybridized carbons (Fsp3) is 0.462. The van der Waals surface area contributed by atoms with E-state index in [1.54, 1.807) is 20.1 Å². The Bertz CT molecular complexity index is 389. The van der Waals surface area contributed by atoms with Crippen LogP contribution in [0.1, 0.15) is 18.1 Å². The van der Waals surface area contributed by atoms with Crippen LogP contribution in [0.15, 0.2) is 24.3 Å². The van der Waals surface area contributed by atoms with Gasteiger partial charge in [-0.05, 0) is 25.0 Å². The summed E-state index contributed by atoms with van der Waals surface area (Å²) in [4.78, 5) is 11.4. The first kappa shape index (κ1) is 13.7. The Kier molecular flexibility index (Phi) is 4.66. The van der Waals surface area contributed by atoms with E-state index in [4.69, 9.17) is 9.47 Å². The van der Waals surface area contributed by atoms with Crippen molar-refractivity contribution in [2.45, 2.75) is 19.4 Å². The Labute approximate surface area is 101 Å². The zero-order chi connectivity index (χ0) is 12.9. The van der Waals surface area contributed by atoms with Gasteiger partial charge in [-0.25, -0.2) is 4.79 Å². The predicted octanol–water partition coefficient (Wildman–Crippen LogP) is 1.96. The number of hydrogen-bond acceptors (Lipinski definition) is 3. The Hall–Kier alpha value is -1.39. The van der Waals surface area contributed by atoms with Gasteiger partial charge in [-0.2, -0.15) is 0 Å². The van der Waals surface area contributed by atoms with E-state index in [0.717, 1.165) is 5.56 Å². The van der Waals surface area contributed by atoms with Crippen molar-refractivity contribution >= 4 is 5.97 Å². The molecular weight excluding hydrogens is 220 g/mol. The van der Waals surface area contributed by atoms with Crippen molar-refractivity contribution in [1.82, 2.24) is 0 Å². The molecule has 0 spiro atoms. The van der Waals surface area contributed by atoms with E-state index < -0.39 is 11.6 Å². The summed E-state index contributed by atoms with van der Waals surface area (Å²) in [6, 6.07) is 7.33. The molecule has 0 aromatic heterocycles. The first-order chi connectivity index (χ1) is 8.02. The van der Waals surface area contributed by atoms with E-state index in [9.17, 15) is 9.90 Å². The van der Waals surface area contributed by atoms with Crippen molar-refractivity contribution < 1.29 is 19.4 Å². The molecule has 0 amide bonds. The third-order valence-electron chi connectivity index (χ3n) is 2.75. The quantitative estimate of drug-likeness (QED) is 0.770. The molecule has 0 fully saturated rings. The molecule has 1 rings (SSSR count). The van der Waals surface area contributed by atoms with E-state index >= 15 is 0 Å². The van der Waals surface area contributed by atoms with Gasteiger partial charge in [0.25, 0.3) is 0 Å². The third-order valence-corrected chi connectivity index (χ3v) is 2.75. The molecule has 0 aliphatic heterocycles. The third kappa shape index (κ3) is 3.05. The van der Waals surface area contributed by atoms with Crippen molar-refractivity contribution in [3.8, 4) is 0 Å². The largest absolute Gasteiger partial charge is 0.479 e. The second-order valence-electron chi connectivity index (χ2n) is 3.99. The van der Waals surface area contributed by atoms with E-state index in [1.807, 2.05) is 25.1 Å². The van der Waals surface area contributed by atoms with Crippen LogP contribution in [0.4, 0.5) is 0 Å². The summed E-state index contributed by atoms with van der Waals surface area (Å²) in [6.45, 7) is 4.05. The van der Waals surface area contributed by atoms with Gasteiger partial charge in [-0.15, -0.1) is 0 Å². The number of aryl methyl sites for hydroxylation is 1. The number of aliphatic carboxylic acids is 1. The fourth-order valence-corrected chi connectivity index (χ4v) is 1.69. The standard InChI is InChI=1S/C13H18O4/c1-10-6-4-5-7-11(10)13(2,12(14)15)17-9-8-16-3/h4-7H,8-9H2,1-3H3,(H,14,15). The summed E-state index contributed by atoms with van der Waals surface area (Å²) in [5.74, 6) is -0.997. The van der Waals surface area contributed by atoms with Crippen LogP contribution in [0.3, 0.4) is 0 Å². The van der Waals surface area contributed by atoms with Crippen LogP contribution in [0, 0.1) is 6.92 Å². The first-order valence-corrected chi connectivity index (χ1v) is 5.44. The average molecular weight is 238 g/mol. The molecule has 0 aliphatic carbocycles. The molecule has 1 atom stereocenters. The van der Waals surface area contributed by atoms with Crippen molar-refractivity contribution in [3.05, 3.63) is 35.4 Å². The first-order valence-electron chi connectivity index (χ1n) is 5.44. The highest BCUT2D eigenvalue weighted by Gasteiger charge is 2.37. The van der Waals surface area contributed by atoms with Gasteiger partial charge in [0.1, 0.15) is 0 Å². The van der Waals surface area contributed by atoms with Gasteiger partial charge in [-0.3, -0.25) is 0 Å². The highest BCUT2D eigenvalue weighted by Crippen LogP contribution is 2.28. The normalized spacial score (nSPS) is 14.3. The molecule has 1 N–H and O–H groups in total. The molecule has 1 aromatic carbocycles. The molecule has 17 heavy (non-hydrogen) atoms. The smallest absolute Gasteiger partial charge is 0.340 e. The average Bonchev–Trinajstić information content (AvgIpc) is 2.29. The molecular formula is C13H18O4. The van der Waals surface area contributed by atoms with Gasteiger partial charge in [0.2, 0.25) is 0 Å². The van der Waals surface area contributed by atoms with Crippen LogP contribution in [0.5, 0.6) is 0 Å². The van der Waals surface area contributed by atoms with E-state index in [2.05, 4.69) is 0 Å². The SMILES string of the molecule is COCCOC(C)(C(=O)O)c1ccccc1C. The van der Waals surface area contributed by atoms with Gasteiger partial charge < -0.3 is 14.6 Å². The number of methoxy groups -OCH3 is 1. The number of benzene rings is 1. The van der Waals surface area contributed by atoms with Gasteiger partial charge in [0, 0.05) is 7.11 Å². The molecule has 94 valence electrons. The lowest BCUT2D eigenvalue weighted by molar-refractivity contribution is -0.166. The summed E-state index contributed by atoms with van der Waals surface area (Å²) >= 11 is 0. The molecule has 1 aromatic rings. The van der Waals surface area contributed by atoms with Crippen molar-refractivity contribution in [1.29, 1.82) is 0 Å². The minimum atomic E-state index is -1.33. The van der Waals surface area contributed by atoms with E-state index in [0.29, 0.717) is 12.2 Å². The van der Waals surface area contributed by atoms with E-state index in [-0.39, 0.29) is 6.61 Å². The van der Waals surface area contributed by atoms with Crippen molar-refractivity contribution in [2.75, 3.05) is 20.3 Å². The van der Waals surface area contributed by atoms with Crippen molar-refractivity contribution in [2.24, 2.45) is 0 Å². The summed E-state index contributed by atoms with van der Waals surface area (Å²) in [6.07, 6.45) is 0. The van der Waals surface area contributed by atoms with Crippen LogP contribution in [-0.2, 0) is 19.9 Å². The van der Waals surface area contributed by atoms with Crippen LogP contribution in [-0.4, -0.2) is 31.4 Å². The molecule has 4 nitrogen and oxygen atoms in total. The minimum absolute atomic E-state index is 0.244. The second kappa shape index (κ2) is 5.80. The minimum Gasteiger partial charge on any atom is -0.479 e. The number of ether oxygens (including phenoxy) is 2. The molecule has 0 bridgehead atoms. The number of rotatable bonds is 6. The second-order valence-corrected chi connectivity index (χ2v) is 3.99. The van der Waals surface area contributed by atoms with Gasteiger partial charge >= 0.3 is 5.97 Å². The Morgan fingerprint density at radius 1 is 1.35 bits per heavy atom. The zero-order valence-electron chi connectivity index (χ0n) is 10.4. The Morgan fingerprint density at radius 2 is 2.00 bits per heavy atom. The lowest BCUT2D eigenvalue weighted by Gasteiger charge is -2.27. The molecule has 0 radical (unpaired) electrons. The van der Waals surface area contributed by atoms with Gasteiger partial charge in [0.15, 0.2) is 5.60 Å². The lowest BCUT2D eigenvalue weighted by Crippen LogP contribution is -2.37. The van der Waals surface area contributed by atoms with Gasteiger partial charge in [-0.1, -0.05) is 24.3 Å². The summed E-state index contributed by atoms with van der Waals surface area (Å²) < 4.78 is 10.3. The maximum absolute atomic E-state index is 11.4. The topological polar surface area (TPSA) is 55.8 Å². The maximum Gasteiger partial charge on any atom is 0.340 e. The number of carboxylic acids is 1. The molecule has 0 aliphatic rings.